The van der Waals surface area contributed by atoms with Gasteiger partial charge in [0.25, 0.3) is 0 Å². The van der Waals surface area contributed by atoms with Crippen LogP contribution in [-0.2, 0) is 20.8 Å². The third-order valence-corrected chi connectivity index (χ3v) is 5.09. The lowest BCUT2D eigenvalue weighted by Gasteiger charge is -2.28. The van der Waals surface area contributed by atoms with Crippen LogP contribution in [0.1, 0.15) is 44.1 Å². The van der Waals surface area contributed by atoms with Crippen molar-refractivity contribution in [3.05, 3.63) is 29.8 Å². The Balaban J connectivity index is 1.66. The van der Waals surface area contributed by atoms with Crippen LogP contribution in [-0.4, -0.2) is 41.8 Å². The molecule has 3 amide bonds. The summed E-state index contributed by atoms with van der Waals surface area (Å²) < 4.78 is 0. The first-order chi connectivity index (χ1) is 12.0. The van der Waals surface area contributed by atoms with Gasteiger partial charge in [-0.05, 0) is 37.0 Å². The van der Waals surface area contributed by atoms with Crippen LogP contribution in [0.15, 0.2) is 24.3 Å². The highest BCUT2D eigenvalue weighted by molar-refractivity contribution is 5.95. The second-order valence-electron chi connectivity index (χ2n) is 6.92. The molecular formula is C19H25N3O3. The fourth-order valence-corrected chi connectivity index (χ4v) is 3.80. The van der Waals surface area contributed by atoms with Gasteiger partial charge in [0.2, 0.25) is 17.7 Å². The SMILES string of the molecule is NC(=O)CN(C(=O)Cc1ccc(N2CCCC2=O)cc1)C1CCCC1. The molecule has 1 saturated carbocycles. The van der Waals surface area contributed by atoms with Crippen LogP contribution in [0, 0.1) is 0 Å². The third kappa shape index (κ3) is 4.18. The van der Waals surface area contributed by atoms with E-state index >= 15 is 0 Å². The number of carbonyl (C=O) groups is 3. The Bertz CT molecular complexity index is 650. The van der Waals surface area contributed by atoms with Crippen LogP contribution >= 0.6 is 0 Å². The second kappa shape index (κ2) is 7.68. The van der Waals surface area contributed by atoms with E-state index in [0.29, 0.717) is 6.42 Å². The Morgan fingerprint density at radius 1 is 1.12 bits per heavy atom. The molecule has 2 N–H and O–H groups in total. The zero-order chi connectivity index (χ0) is 17.8. The Kier molecular flexibility index (Phi) is 5.36. The van der Waals surface area contributed by atoms with Crippen molar-refractivity contribution in [1.29, 1.82) is 0 Å². The maximum atomic E-state index is 12.7. The van der Waals surface area contributed by atoms with Gasteiger partial charge in [0, 0.05) is 24.7 Å². The van der Waals surface area contributed by atoms with Crippen LogP contribution in [0.2, 0.25) is 0 Å². The summed E-state index contributed by atoms with van der Waals surface area (Å²) >= 11 is 0. The number of primary amides is 1. The van der Waals surface area contributed by atoms with Gasteiger partial charge < -0.3 is 15.5 Å². The fraction of sp³-hybridized carbons (Fsp3) is 0.526. The van der Waals surface area contributed by atoms with E-state index in [0.717, 1.165) is 49.9 Å². The summed E-state index contributed by atoms with van der Waals surface area (Å²) in [6, 6.07) is 7.67. The molecule has 6 heteroatoms. The molecule has 0 spiro atoms. The molecule has 1 heterocycles. The van der Waals surface area contributed by atoms with Gasteiger partial charge in [-0.1, -0.05) is 25.0 Å². The number of hydrogen-bond acceptors (Lipinski definition) is 3. The first kappa shape index (κ1) is 17.5. The van der Waals surface area contributed by atoms with Crippen molar-refractivity contribution in [3.63, 3.8) is 0 Å². The molecular weight excluding hydrogens is 318 g/mol. The Hall–Kier alpha value is -2.37. The van der Waals surface area contributed by atoms with Gasteiger partial charge in [-0.25, -0.2) is 0 Å². The molecule has 0 atom stereocenters. The average Bonchev–Trinajstić information content (AvgIpc) is 3.25. The first-order valence-electron chi connectivity index (χ1n) is 9.01. The van der Waals surface area contributed by atoms with Crippen molar-refractivity contribution in [2.75, 3.05) is 18.0 Å². The number of benzene rings is 1. The third-order valence-electron chi connectivity index (χ3n) is 5.09. The molecule has 0 aromatic heterocycles. The monoisotopic (exact) mass is 343 g/mol. The van der Waals surface area contributed by atoms with E-state index in [2.05, 4.69) is 0 Å². The van der Waals surface area contributed by atoms with Gasteiger partial charge in [0.05, 0.1) is 13.0 Å². The largest absolute Gasteiger partial charge is 0.368 e. The van der Waals surface area contributed by atoms with Crippen molar-refractivity contribution < 1.29 is 14.4 Å². The van der Waals surface area contributed by atoms with E-state index in [1.165, 1.54) is 0 Å². The maximum absolute atomic E-state index is 12.7. The van der Waals surface area contributed by atoms with Gasteiger partial charge in [-0.15, -0.1) is 0 Å². The van der Waals surface area contributed by atoms with Crippen LogP contribution in [0.4, 0.5) is 5.69 Å². The Morgan fingerprint density at radius 2 is 1.80 bits per heavy atom. The zero-order valence-electron chi connectivity index (χ0n) is 14.4. The van der Waals surface area contributed by atoms with E-state index in [1.807, 2.05) is 24.3 Å². The minimum Gasteiger partial charge on any atom is -0.368 e. The smallest absolute Gasteiger partial charge is 0.237 e. The molecule has 0 bridgehead atoms. The molecule has 1 aromatic rings. The molecule has 1 aliphatic heterocycles. The normalized spacial score (nSPS) is 17.9. The summed E-state index contributed by atoms with van der Waals surface area (Å²) in [6.07, 6.45) is 5.80. The van der Waals surface area contributed by atoms with Crippen molar-refractivity contribution in [1.82, 2.24) is 4.90 Å². The zero-order valence-corrected chi connectivity index (χ0v) is 14.4. The van der Waals surface area contributed by atoms with Gasteiger partial charge in [-0.3, -0.25) is 14.4 Å². The van der Waals surface area contributed by atoms with E-state index in [-0.39, 0.29) is 30.8 Å². The lowest BCUT2D eigenvalue weighted by molar-refractivity contribution is -0.136. The lowest BCUT2D eigenvalue weighted by Crippen LogP contribution is -2.44. The molecule has 3 rings (SSSR count). The van der Waals surface area contributed by atoms with Crippen LogP contribution in [0.3, 0.4) is 0 Å². The molecule has 1 saturated heterocycles. The number of hydrogen-bond donors (Lipinski definition) is 1. The highest BCUT2D eigenvalue weighted by atomic mass is 16.2. The molecule has 1 aromatic carbocycles. The van der Waals surface area contributed by atoms with E-state index in [4.69, 9.17) is 5.73 Å². The van der Waals surface area contributed by atoms with Crippen molar-refractivity contribution in [3.8, 4) is 0 Å². The second-order valence-corrected chi connectivity index (χ2v) is 6.92. The molecule has 1 aliphatic carbocycles. The van der Waals surface area contributed by atoms with Gasteiger partial charge in [0.15, 0.2) is 0 Å². The summed E-state index contributed by atoms with van der Waals surface area (Å²) in [5.41, 5.74) is 7.09. The van der Waals surface area contributed by atoms with E-state index in [9.17, 15) is 14.4 Å². The van der Waals surface area contributed by atoms with Crippen LogP contribution < -0.4 is 10.6 Å². The molecule has 0 radical (unpaired) electrons. The molecule has 0 unspecified atom stereocenters. The highest BCUT2D eigenvalue weighted by Crippen LogP contribution is 2.25. The Labute approximate surface area is 148 Å². The number of nitrogens with zero attached hydrogens (tertiary/aromatic N) is 2. The average molecular weight is 343 g/mol. The number of rotatable bonds is 6. The van der Waals surface area contributed by atoms with Crippen LogP contribution in [0.5, 0.6) is 0 Å². The lowest BCUT2D eigenvalue weighted by atomic mass is 10.1. The molecule has 2 aliphatic rings. The van der Waals surface area contributed by atoms with Crippen molar-refractivity contribution in [2.24, 2.45) is 5.73 Å². The summed E-state index contributed by atoms with van der Waals surface area (Å²) in [7, 11) is 0. The van der Waals surface area contributed by atoms with Crippen molar-refractivity contribution in [2.45, 2.75) is 51.0 Å². The molecule has 6 nitrogen and oxygen atoms in total. The molecule has 25 heavy (non-hydrogen) atoms. The summed E-state index contributed by atoms with van der Waals surface area (Å²) in [6.45, 7) is 0.745. The molecule has 134 valence electrons. The van der Waals surface area contributed by atoms with Crippen LogP contribution in [0.25, 0.3) is 0 Å². The van der Waals surface area contributed by atoms with Gasteiger partial charge >= 0.3 is 0 Å². The van der Waals surface area contributed by atoms with E-state index in [1.54, 1.807) is 9.80 Å². The number of anilines is 1. The van der Waals surface area contributed by atoms with Gasteiger partial charge in [-0.2, -0.15) is 0 Å². The summed E-state index contributed by atoms with van der Waals surface area (Å²) in [5.74, 6) is -0.378. The fourth-order valence-electron chi connectivity index (χ4n) is 3.80. The maximum Gasteiger partial charge on any atom is 0.237 e. The molecule has 2 fully saturated rings. The topological polar surface area (TPSA) is 83.7 Å². The van der Waals surface area contributed by atoms with E-state index < -0.39 is 5.91 Å². The predicted octanol–water partition coefficient (Wildman–Crippen LogP) is 1.61. The predicted molar refractivity (Wildman–Crippen MR) is 94.9 cm³/mol. The minimum absolute atomic E-state index is 0.0101. The van der Waals surface area contributed by atoms with Crippen molar-refractivity contribution >= 4 is 23.4 Å². The number of amides is 3. The quantitative estimate of drug-likeness (QED) is 0.852. The minimum atomic E-state index is -0.469. The van der Waals surface area contributed by atoms with Gasteiger partial charge in [0.1, 0.15) is 0 Å². The standard InChI is InChI=1S/C19H25N3O3/c20-17(23)13-22(15-4-1-2-5-15)19(25)12-14-7-9-16(10-8-14)21-11-3-6-18(21)24/h7-10,15H,1-6,11-13H2,(H2,20,23). The first-order valence-corrected chi connectivity index (χ1v) is 9.01. The number of carbonyl (C=O) groups excluding carboxylic acids is 3. The summed E-state index contributed by atoms with van der Waals surface area (Å²) in [5, 5.41) is 0. The summed E-state index contributed by atoms with van der Waals surface area (Å²) in [4.78, 5) is 39.2. The number of nitrogens with two attached hydrogens (primary N) is 1. The highest BCUT2D eigenvalue weighted by Gasteiger charge is 2.28. The Morgan fingerprint density at radius 3 is 2.36 bits per heavy atom.